The smallest absolute Gasteiger partial charge is 0.234 e. The topological polar surface area (TPSA) is 55.1 Å². The van der Waals surface area contributed by atoms with Crippen LogP contribution in [0.25, 0.3) is 0 Å². The second-order valence-corrected chi connectivity index (χ2v) is 6.90. The molecule has 0 saturated heterocycles. The third-order valence-corrected chi connectivity index (χ3v) is 5.34. The lowest BCUT2D eigenvalue weighted by Crippen LogP contribution is -2.39. The third kappa shape index (κ3) is 3.10. The Balaban J connectivity index is 1.61. The van der Waals surface area contributed by atoms with Crippen LogP contribution in [-0.2, 0) is 4.79 Å². The highest BCUT2D eigenvalue weighted by Gasteiger charge is 2.39. The highest BCUT2D eigenvalue weighted by Crippen LogP contribution is 2.47. The number of carbonyl (C=O) groups is 1. The molecule has 2 aliphatic rings. The standard InChI is InChI=1S/C17H22N2OS/c18-16(21)15(12-4-2-1-3-5-12)17(20)19-10-14-9-11-6-7-13(14)8-11/h1-5,11,13-15H,6-10H2,(H2,18,21)(H,19,20). The van der Waals surface area contributed by atoms with Crippen LogP contribution in [0.2, 0.25) is 0 Å². The summed E-state index contributed by atoms with van der Waals surface area (Å²) in [7, 11) is 0. The molecule has 1 aromatic rings. The fourth-order valence-electron chi connectivity index (χ4n) is 4.05. The van der Waals surface area contributed by atoms with Crippen molar-refractivity contribution >= 4 is 23.1 Å². The molecule has 3 nitrogen and oxygen atoms in total. The maximum absolute atomic E-state index is 12.5. The molecule has 2 fully saturated rings. The summed E-state index contributed by atoms with van der Waals surface area (Å²) in [6.45, 7) is 0.770. The van der Waals surface area contributed by atoms with Gasteiger partial charge in [0.25, 0.3) is 0 Å². The number of benzene rings is 1. The van der Waals surface area contributed by atoms with Gasteiger partial charge in [-0.3, -0.25) is 4.79 Å². The van der Waals surface area contributed by atoms with E-state index in [2.05, 4.69) is 5.32 Å². The molecule has 2 saturated carbocycles. The predicted molar refractivity (Wildman–Crippen MR) is 87.9 cm³/mol. The van der Waals surface area contributed by atoms with Crippen LogP contribution in [0.15, 0.2) is 30.3 Å². The summed E-state index contributed by atoms with van der Waals surface area (Å²) in [5.74, 6) is 1.79. The van der Waals surface area contributed by atoms with Gasteiger partial charge in [-0.25, -0.2) is 0 Å². The van der Waals surface area contributed by atoms with Crippen molar-refractivity contribution in [3.05, 3.63) is 35.9 Å². The summed E-state index contributed by atoms with van der Waals surface area (Å²) in [5.41, 5.74) is 6.66. The number of amides is 1. The van der Waals surface area contributed by atoms with E-state index in [1.54, 1.807) is 0 Å². The second kappa shape index (κ2) is 6.14. The van der Waals surface area contributed by atoms with Gasteiger partial charge >= 0.3 is 0 Å². The Kier molecular flexibility index (Phi) is 4.24. The normalized spacial score (nSPS) is 28.3. The molecule has 21 heavy (non-hydrogen) atoms. The predicted octanol–water partition coefficient (Wildman–Crippen LogP) is 2.61. The Bertz CT molecular complexity index is 531. The maximum Gasteiger partial charge on any atom is 0.234 e. The monoisotopic (exact) mass is 302 g/mol. The molecular weight excluding hydrogens is 280 g/mol. The van der Waals surface area contributed by atoms with Gasteiger partial charge in [-0.05, 0) is 42.6 Å². The van der Waals surface area contributed by atoms with Crippen LogP contribution in [0.3, 0.4) is 0 Å². The van der Waals surface area contributed by atoms with Crippen molar-refractivity contribution in [1.29, 1.82) is 0 Å². The van der Waals surface area contributed by atoms with E-state index >= 15 is 0 Å². The van der Waals surface area contributed by atoms with Gasteiger partial charge in [0.05, 0.1) is 4.99 Å². The quantitative estimate of drug-likeness (QED) is 0.822. The van der Waals surface area contributed by atoms with Crippen molar-refractivity contribution in [2.24, 2.45) is 23.5 Å². The number of hydrogen-bond acceptors (Lipinski definition) is 2. The zero-order valence-electron chi connectivity index (χ0n) is 12.1. The average Bonchev–Trinajstić information content (AvgIpc) is 3.08. The summed E-state index contributed by atoms with van der Waals surface area (Å²) in [5, 5.41) is 3.08. The van der Waals surface area contributed by atoms with E-state index in [-0.39, 0.29) is 10.9 Å². The molecule has 112 valence electrons. The van der Waals surface area contributed by atoms with E-state index in [0.29, 0.717) is 5.92 Å². The zero-order valence-corrected chi connectivity index (χ0v) is 12.9. The molecule has 4 unspecified atom stereocenters. The third-order valence-electron chi connectivity index (χ3n) is 5.10. The van der Waals surface area contributed by atoms with E-state index in [1.807, 2.05) is 30.3 Å². The molecule has 0 spiro atoms. The molecule has 0 aromatic heterocycles. The lowest BCUT2D eigenvalue weighted by Gasteiger charge is -2.23. The molecule has 4 heteroatoms. The van der Waals surface area contributed by atoms with Gasteiger partial charge in [0.2, 0.25) is 5.91 Å². The van der Waals surface area contributed by atoms with Crippen LogP contribution in [0.5, 0.6) is 0 Å². The number of hydrogen-bond donors (Lipinski definition) is 2. The highest BCUT2D eigenvalue weighted by atomic mass is 32.1. The fraction of sp³-hybridized carbons (Fsp3) is 0.529. The largest absolute Gasteiger partial charge is 0.392 e. The molecule has 3 rings (SSSR count). The molecule has 2 aliphatic carbocycles. The summed E-state index contributed by atoms with van der Waals surface area (Å²) in [6.07, 6.45) is 5.35. The highest BCUT2D eigenvalue weighted by molar-refractivity contribution is 7.80. The molecule has 1 aromatic carbocycles. The van der Waals surface area contributed by atoms with E-state index in [0.717, 1.165) is 23.9 Å². The summed E-state index contributed by atoms with van der Waals surface area (Å²) in [6, 6.07) is 9.54. The first-order valence-corrected chi connectivity index (χ1v) is 8.18. The molecule has 2 bridgehead atoms. The van der Waals surface area contributed by atoms with Crippen LogP contribution < -0.4 is 11.1 Å². The van der Waals surface area contributed by atoms with Crippen LogP contribution in [0.4, 0.5) is 0 Å². The minimum Gasteiger partial charge on any atom is -0.392 e. The van der Waals surface area contributed by atoms with Crippen LogP contribution >= 0.6 is 12.2 Å². The molecular formula is C17H22N2OS. The summed E-state index contributed by atoms with van der Waals surface area (Å²) < 4.78 is 0. The lowest BCUT2D eigenvalue weighted by molar-refractivity contribution is -0.121. The fourth-order valence-corrected chi connectivity index (χ4v) is 4.29. The average molecular weight is 302 g/mol. The first kappa shape index (κ1) is 14.5. The van der Waals surface area contributed by atoms with Crippen molar-refractivity contribution in [2.75, 3.05) is 6.54 Å². The van der Waals surface area contributed by atoms with Gasteiger partial charge in [0.1, 0.15) is 5.92 Å². The molecule has 1 amide bonds. The minimum absolute atomic E-state index is 0.0588. The van der Waals surface area contributed by atoms with Gasteiger partial charge in [0, 0.05) is 6.54 Å². The van der Waals surface area contributed by atoms with Gasteiger partial charge in [0.15, 0.2) is 0 Å². The van der Waals surface area contributed by atoms with Gasteiger partial charge in [-0.1, -0.05) is 49.0 Å². The van der Waals surface area contributed by atoms with Crippen molar-refractivity contribution in [3.63, 3.8) is 0 Å². The van der Waals surface area contributed by atoms with Gasteiger partial charge in [-0.15, -0.1) is 0 Å². The number of rotatable bonds is 5. The van der Waals surface area contributed by atoms with E-state index in [4.69, 9.17) is 18.0 Å². The molecule has 0 heterocycles. The Hall–Kier alpha value is -1.42. The number of carbonyl (C=O) groups excluding carboxylic acids is 1. The van der Waals surface area contributed by atoms with Crippen molar-refractivity contribution in [1.82, 2.24) is 5.32 Å². The van der Waals surface area contributed by atoms with E-state index in [1.165, 1.54) is 25.7 Å². The van der Waals surface area contributed by atoms with E-state index < -0.39 is 5.92 Å². The Morgan fingerprint density at radius 3 is 2.62 bits per heavy atom. The zero-order chi connectivity index (χ0) is 14.8. The maximum atomic E-state index is 12.5. The number of nitrogens with two attached hydrogens (primary N) is 1. The summed E-state index contributed by atoms with van der Waals surface area (Å²) >= 11 is 5.09. The van der Waals surface area contributed by atoms with Crippen molar-refractivity contribution in [3.8, 4) is 0 Å². The first-order valence-electron chi connectivity index (χ1n) is 7.77. The minimum atomic E-state index is -0.514. The molecule has 3 N–H and O–H groups in total. The number of thiocarbonyl (C=S) groups is 1. The van der Waals surface area contributed by atoms with Crippen molar-refractivity contribution in [2.45, 2.75) is 31.6 Å². The van der Waals surface area contributed by atoms with E-state index in [9.17, 15) is 4.79 Å². The Labute approximate surface area is 131 Å². The second-order valence-electron chi connectivity index (χ2n) is 6.43. The summed E-state index contributed by atoms with van der Waals surface area (Å²) in [4.78, 5) is 12.7. The molecule has 0 radical (unpaired) electrons. The van der Waals surface area contributed by atoms with Crippen LogP contribution in [0.1, 0.15) is 37.2 Å². The Morgan fingerprint density at radius 1 is 1.29 bits per heavy atom. The van der Waals surface area contributed by atoms with Gasteiger partial charge in [-0.2, -0.15) is 0 Å². The first-order chi connectivity index (χ1) is 10.1. The lowest BCUT2D eigenvalue weighted by atomic mass is 9.88. The SMILES string of the molecule is NC(=S)C(C(=O)NCC1CC2CCC1C2)c1ccccc1. The van der Waals surface area contributed by atoms with Crippen LogP contribution in [0, 0.1) is 17.8 Å². The number of nitrogens with one attached hydrogen (secondary N) is 1. The Morgan fingerprint density at radius 2 is 2.05 bits per heavy atom. The van der Waals surface area contributed by atoms with Gasteiger partial charge < -0.3 is 11.1 Å². The molecule has 4 atom stereocenters. The van der Waals surface area contributed by atoms with Crippen molar-refractivity contribution < 1.29 is 4.79 Å². The number of fused-ring (bicyclic) bond motifs is 2. The van der Waals surface area contributed by atoms with Crippen LogP contribution in [-0.4, -0.2) is 17.4 Å². The molecule has 0 aliphatic heterocycles.